The van der Waals surface area contributed by atoms with E-state index in [0.29, 0.717) is 36.5 Å². The van der Waals surface area contributed by atoms with Crippen LogP contribution in [0.5, 0.6) is 0 Å². The molecule has 3 aromatic rings. The van der Waals surface area contributed by atoms with Gasteiger partial charge in [-0.05, 0) is 25.5 Å². The Bertz CT molecular complexity index is 1200. The molecule has 0 spiro atoms. The van der Waals surface area contributed by atoms with Crippen LogP contribution in [0.2, 0.25) is 0 Å². The summed E-state index contributed by atoms with van der Waals surface area (Å²) < 4.78 is 34.9. The summed E-state index contributed by atoms with van der Waals surface area (Å²) in [7, 11) is 0. The molecule has 0 aliphatic carbocycles. The van der Waals surface area contributed by atoms with Crippen molar-refractivity contribution in [3.05, 3.63) is 82.7 Å². The first kappa shape index (κ1) is 23.5. The largest absolute Gasteiger partial charge is 0.373 e. The Morgan fingerprint density at radius 2 is 2.00 bits per heavy atom. The molecule has 3 heterocycles. The standard InChI is InChI=1S/C24H25F2N5O3/c1-3-19(16-5-4-15(25)10-18(16)26)30-24(33)21-11-17(22-13-34-9-8-31(21)22)23(32)29-14(2)20-12-27-6-7-28-20/h4-7,10-12,14,19H,3,8-9,13H2,1-2H3,(H,29,32)(H,30,33)/t14-,19+/m0/s1. The summed E-state index contributed by atoms with van der Waals surface area (Å²) in [6.07, 6.45) is 5.06. The molecule has 1 aromatic carbocycles. The molecule has 10 heteroatoms. The fourth-order valence-electron chi connectivity index (χ4n) is 4.01. The molecule has 4 rings (SSSR count). The molecule has 0 saturated carbocycles. The number of amides is 2. The topological polar surface area (TPSA) is 98.1 Å². The molecule has 178 valence electrons. The van der Waals surface area contributed by atoms with Crippen LogP contribution in [-0.2, 0) is 17.9 Å². The van der Waals surface area contributed by atoms with Gasteiger partial charge in [0.25, 0.3) is 11.8 Å². The zero-order chi connectivity index (χ0) is 24.2. The highest BCUT2D eigenvalue weighted by Gasteiger charge is 2.28. The first-order valence-corrected chi connectivity index (χ1v) is 11.0. The summed E-state index contributed by atoms with van der Waals surface area (Å²) in [6, 6.07) is 3.74. The van der Waals surface area contributed by atoms with E-state index in [1.54, 1.807) is 37.0 Å². The number of ether oxygens (including phenoxy) is 1. The summed E-state index contributed by atoms with van der Waals surface area (Å²) in [5, 5.41) is 5.69. The highest BCUT2D eigenvalue weighted by Crippen LogP contribution is 2.25. The average Bonchev–Trinajstić information content (AvgIpc) is 3.23. The maximum absolute atomic E-state index is 14.3. The number of fused-ring (bicyclic) bond motifs is 1. The Hall–Kier alpha value is -3.66. The number of carbonyl (C=O) groups is 2. The van der Waals surface area contributed by atoms with Gasteiger partial charge in [0, 0.05) is 30.6 Å². The van der Waals surface area contributed by atoms with Crippen LogP contribution in [0, 0.1) is 11.6 Å². The van der Waals surface area contributed by atoms with Crippen LogP contribution in [0.1, 0.15) is 70.1 Å². The van der Waals surface area contributed by atoms with E-state index in [2.05, 4.69) is 20.6 Å². The fraction of sp³-hybridized carbons (Fsp3) is 0.333. The molecular formula is C24H25F2N5O3. The normalized spacial score (nSPS) is 14.7. The van der Waals surface area contributed by atoms with Crippen molar-refractivity contribution in [2.24, 2.45) is 0 Å². The van der Waals surface area contributed by atoms with Gasteiger partial charge < -0.3 is 19.9 Å². The van der Waals surface area contributed by atoms with Crippen LogP contribution in [0.25, 0.3) is 0 Å². The summed E-state index contributed by atoms with van der Waals surface area (Å²) in [5.41, 5.74) is 1.98. The second kappa shape index (κ2) is 10.1. The van der Waals surface area contributed by atoms with Gasteiger partial charge in [0.15, 0.2) is 0 Å². The maximum atomic E-state index is 14.3. The van der Waals surface area contributed by atoms with E-state index in [1.165, 1.54) is 12.1 Å². The van der Waals surface area contributed by atoms with E-state index in [0.717, 1.165) is 12.1 Å². The van der Waals surface area contributed by atoms with Gasteiger partial charge in [-0.2, -0.15) is 0 Å². The van der Waals surface area contributed by atoms with E-state index in [4.69, 9.17) is 4.74 Å². The van der Waals surface area contributed by atoms with Gasteiger partial charge in [-0.3, -0.25) is 19.6 Å². The van der Waals surface area contributed by atoms with Gasteiger partial charge in [0.1, 0.15) is 17.3 Å². The second-order valence-electron chi connectivity index (χ2n) is 8.02. The van der Waals surface area contributed by atoms with Gasteiger partial charge in [-0.1, -0.05) is 13.0 Å². The number of carbonyl (C=O) groups excluding carboxylic acids is 2. The van der Waals surface area contributed by atoms with Crippen LogP contribution in [0.4, 0.5) is 8.78 Å². The number of hydrogen-bond acceptors (Lipinski definition) is 5. The molecule has 0 saturated heterocycles. The van der Waals surface area contributed by atoms with Crippen molar-refractivity contribution in [2.75, 3.05) is 6.61 Å². The lowest BCUT2D eigenvalue weighted by Crippen LogP contribution is -2.32. The molecule has 8 nitrogen and oxygen atoms in total. The van der Waals surface area contributed by atoms with Crippen LogP contribution in [0.15, 0.2) is 42.9 Å². The van der Waals surface area contributed by atoms with Crippen molar-refractivity contribution in [1.82, 2.24) is 25.2 Å². The van der Waals surface area contributed by atoms with Gasteiger partial charge in [0.05, 0.1) is 48.4 Å². The summed E-state index contributed by atoms with van der Waals surface area (Å²) in [5.74, 6) is -2.24. The molecule has 2 atom stereocenters. The third-order valence-electron chi connectivity index (χ3n) is 5.81. The molecule has 1 aliphatic heterocycles. The van der Waals surface area contributed by atoms with Gasteiger partial charge in [0.2, 0.25) is 0 Å². The van der Waals surface area contributed by atoms with Gasteiger partial charge in [-0.15, -0.1) is 0 Å². The van der Waals surface area contributed by atoms with E-state index in [-0.39, 0.29) is 23.8 Å². The number of rotatable bonds is 7. The minimum absolute atomic E-state index is 0.180. The first-order chi connectivity index (χ1) is 16.4. The predicted molar refractivity (Wildman–Crippen MR) is 119 cm³/mol. The Morgan fingerprint density at radius 1 is 1.18 bits per heavy atom. The van der Waals surface area contributed by atoms with Crippen LogP contribution < -0.4 is 10.6 Å². The molecule has 0 radical (unpaired) electrons. The minimum atomic E-state index is -0.726. The summed E-state index contributed by atoms with van der Waals surface area (Å²) in [6.45, 7) is 4.55. The molecule has 2 N–H and O–H groups in total. The molecule has 0 unspecified atom stereocenters. The minimum Gasteiger partial charge on any atom is -0.373 e. The molecule has 2 amide bonds. The predicted octanol–water partition coefficient (Wildman–Crippen LogP) is 3.46. The molecular weight excluding hydrogens is 444 g/mol. The van der Waals surface area contributed by atoms with Crippen molar-refractivity contribution < 1.29 is 23.1 Å². The second-order valence-corrected chi connectivity index (χ2v) is 8.02. The third kappa shape index (κ3) is 4.81. The number of halogens is 2. The highest BCUT2D eigenvalue weighted by atomic mass is 19.1. The Morgan fingerprint density at radius 3 is 2.71 bits per heavy atom. The molecule has 34 heavy (non-hydrogen) atoms. The Labute approximate surface area is 195 Å². The smallest absolute Gasteiger partial charge is 0.268 e. The van der Waals surface area contributed by atoms with Crippen molar-refractivity contribution in [3.8, 4) is 0 Å². The van der Waals surface area contributed by atoms with E-state index in [9.17, 15) is 18.4 Å². The molecule has 0 fully saturated rings. The van der Waals surface area contributed by atoms with Crippen LogP contribution >= 0.6 is 0 Å². The monoisotopic (exact) mass is 469 g/mol. The Balaban J connectivity index is 1.58. The number of nitrogens with zero attached hydrogens (tertiary/aromatic N) is 3. The number of hydrogen-bond donors (Lipinski definition) is 2. The van der Waals surface area contributed by atoms with E-state index < -0.39 is 29.6 Å². The van der Waals surface area contributed by atoms with Crippen LogP contribution in [0.3, 0.4) is 0 Å². The average molecular weight is 469 g/mol. The first-order valence-electron chi connectivity index (χ1n) is 11.0. The summed E-state index contributed by atoms with van der Waals surface area (Å²) in [4.78, 5) is 34.5. The molecule has 2 aromatic heterocycles. The fourth-order valence-corrected chi connectivity index (χ4v) is 4.01. The van der Waals surface area contributed by atoms with Crippen molar-refractivity contribution in [3.63, 3.8) is 0 Å². The van der Waals surface area contributed by atoms with E-state index in [1.807, 2.05) is 0 Å². The van der Waals surface area contributed by atoms with Crippen molar-refractivity contribution in [1.29, 1.82) is 0 Å². The quantitative estimate of drug-likeness (QED) is 0.552. The maximum Gasteiger partial charge on any atom is 0.268 e. The SMILES string of the molecule is CC[C@@H](NC(=O)c1cc(C(=O)N[C@@H](C)c2cnccn2)c2n1CCOC2)c1ccc(F)cc1F. The summed E-state index contributed by atoms with van der Waals surface area (Å²) >= 11 is 0. The molecule has 0 bridgehead atoms. The number of aromatic nitrogens is 3. The number of benzene rings is 1. The number of nitrogens with one attached hydrogen (secondary N) is 2. The lowest BCUT2D eigenvalue weighted by Gasteiger charge is -2.21. The van der Waals surface area contributed by atoms with Crippen molar-refractivity contribution in [2.45, 2.75) is 45.5 Å². The zero-order valence-electron chi connectivity index (χ0n) is 18.8. The molecule has 1 aliphatic rings. The van der Waals surface area contributed by atoms with Crippen molar-refractivity contribution >= 4 is 11.8 Å². The van der Waals surface area contributed by atoms with Crippen LogP contribution in [-0.4, -0.2) is 33.0 Å². The van der Waals surface area contributed by atoms with E-state index >= 15 is 0 Å². The lowest BCUT2D eigenvalue weighted by atomic mass is 10.0. The van der Waals surface area contributed by atoms with Gasteiger partial charge >= 0.3 is 0 Å². The third-order valence-corrected chi connectivity index (χ3v) is 5.81. The Kier molecular flexibility index (Phi) is 6.97. The highest BCUT2D eigenvalue weighted by molar-refractivity contribution is 6.01. The van der Waals surface area contributed by atoms with Gasteiger partial charge in [-0.25, -0.2) is 8.78 Å². The zero-order valence-corrected chi connectivity index (χ0v) is 18.8. The lowest BCUT2D eigenvalue weighted by molar-refractivity contribution is 0.0773.